The van der Waals surface area contributed by atoms with Gasteiger partial charge in [-0.15, -0.1) is 0 Å². The van der Waals surface area contributed by atoms with Gasteiger partial charge in [-0.25, -0.2) is 0 Å². The molecular formula is C10H15NS. The number of hydrogen-bond donors (Lipinski definition) is 2. The molecule has 0 unspecified atom stereocenters. The summed E-state index contributed by atoms with van der Waals surface area (Å²) in [7, 11) is 0. The minimum Gasteiger partial charge on any atom is -0.330 e. The van der Waals surface area contributed by atoms with Crippen LogP contribution in [0.15, 0.2) is 36.9 Å². The monoisotopic (exact) mass is 181 g/mol. The van der Waals surface area contributed by atoms with E-state index >= 15 is 0 Å². The van der Waals surface area contributed by atoms with Crippen LogP contribution in [0, 0.1) is 0 Å². The van der Waals surface area contributed by atoms with E-state index in [1.807, 2.05) is 36.4 Å². The van der Waals surface area contributed by atoms with Crippen LogP contribution in [0.5, 0.6) is 0 Å². The Morgan fingerprint density at radius 3 is 2.08 bits per heavy atom. The minimum absolute atomic E-state index is 0.684. The van der Waals surface area contributed by atoms with Crippen LogP contribution in [-0.4, -0.2) is 12.3 Å². The Morgan fingerprint density at radius 1 is 1.33 bits per heavy atom. The molecule has 0 spiro atoms. The van der Waals surface area contributed by atoms with Crippen molar-refractivity contribution in [3.05, 3.63) is 42.5 Å². The van der Waals surface area contributed by atoms with Gasteiger partial charge in [-0.3, -0.25) is 0 Å². The Bertz CT molecular complexity index is 194. The molecule has 0 fully saturated rings. The van der Waals surface area contributed by atoms with Gasteiger partial charge >= 0.3 is 0 Å². The number of nitrogens with two attached hydrogens (primary N) is 1. The quantitative estimate of drug-likeness (QED) is 0.672. The molecule has 12 heavy (non-hydrogen) atoms. The lowest BCUT2D eigenvalue weighted by atomic mass is 10.2. The maximum Gasteiger partial charge on any atom is 0.00255 e. The van der Waals surface area contributed by atoms with Crippen molar-refractivity contribution in [2.24, 2.45) is 5.73 Å². The highest BCUT2D eigenvalue weighted by Crippen LogP contribution is 1.97. The maximum absolute atomic E-state index is 4.95. The number of hydrogen-bond acceptors (Lipinski definition) is 2. The van der Waals surface area contributed by atoms with Gasteiger partial charge in [-0.1, -0.05) is 43.0 Å². The minimum atomic E-state index is 0.684. The Morgan fingerprint density at radius 2 is 1.83 bits per heavy atom. The summed E-state index contributed by atoms with van der Waals surface area (Å²) in [5.41, 5.74) is 6.12. The Hall–Kier alpha value is -0.730. The fourth-order valence-corrected chi connectivity index (χ4v) is 0.589. The van der Waals surface area contributed by atoms with E-state index in [-0.39, 0.29) is 0 Å². The highest BCUT2D eigenvalue weighted by Gasteiger charge is 1.75. The first-order valence-corrected chi connectivity index (χ1v) is 4.46. The summed E-state index contributed by atoms with van der Waals surface area (Å²) in [6.07, 6.45) is 1.83. The van der Waals surface area contributed by atoms with E-state index in [9.17, 15) is 0 Å². The van der Waals surface area contributed by atoms with Crippen LogP contribution >= 0.6 is 12.6 Å². The molecule has 0 aliphatic carbocycles. The number of thiol groups is 1. The first kappa shape index (κ1) is 11.3. The molecule has 0 bridgehead atoms. The molecule has 1 rings (SSSR count). The van der Waals surface area contributed by atoms with Crippen molar-refractivity contribution < 1.29 is 0 Å². The molecule has 66 valence electrons. The van der Waals surface area contributed by atoms with Gasteiger partial charge in [-0.05, 0) is 5.56 Å². The van der Waals surface area contributed by atoms with Gasteiger partial charge in [0.25, 0.3) is 0 Å². The van der Waals surface area contributed by atoms with Gasteiger partial charge in [0.15, 0.2) is 0 Å². The predicted molar refractivity (Wildman–Crippen MR) is 59.4 cm³/mol. The summed E-state index contributed by atoms with van der Waals surface area (Å²) in [5, 5.41) is 0. The summed E-state index contributed by atoms with van der Waals surface area (Å²) in [4.78, 5) is 0. The molecule has 0 radical (unpaired) electrons. The summed E-state index contributed by atoms with van der Waals surface area (Å²) >= 11 is 3.80. The number of benzene rings is 1. The SMILES string of the molecule is C=Cc1ccccc1.NCCS. The van der Waals surface area contributed by atoms with E-state index in [0.29, 0.717) is 6.54 Å². The van der Waals surface area contributed by atoms with Gasteiger partial charge in [0.05, 0.1) is 0 Å². The van der Waals surface area contributed by atoms with Crippen molar-refractivity contribution in [1.29, 1.82) is 0 Å². The zero-order valence-electron chi connectivity index (χ0n) is 7.11. The zero-order valence-corrected chi connectivity index (χ0v) is 8.00. The molecule has 0 aliphatic heterocycles. The Labute approximate surface area is 79.7 Å². The number of rotatable bonds is 2. The van der Waals surface area contributed by atoms with Gasteiger partial charge < -0.3 is 5.73 Å². The van der Waals surface area contributed by atoms with E-state index < -0.39 is 0 Å². The molecule has 1 aromatic rings. The molecule has 0 aliphatic rings. The smallest absolute Gasteiger partial charge is 0.00255 e. The lowest BCUT2D eigenvalue weighted by Crippen LogP contribution is -1.97. The second-order valence-electron chi connectivity index (χ2n) is 2.13. The lowest BCUT2D eigenvalue weighted by Gasteiger charge is -1.85. The maximum atomic E-state index is 4.95. The summed E-state index contributed by atoms with van der Waals surface area (Å²) in [5.74, 6) is 0.792. The second kappa shape index (κ2) is 8.37. The molecule has 0 saturated heterocycles. The molecule has 0 amide bonds. The molecule has 0 atom stereocenters. The lowest BCUT2D eigenvalue weighted by molar-refractivity contribution is 1.16. The zero-order chi connectivity index (χ0) is 9.23. The molecular weight excluding hydrogens is 166 g/mol. The average Bonchev–Trinajstić information content (AvgIpc) is 2.19. The fourth-order valence-electron chi connectivity index (χ4n) is 0.589. The van der Waals surface area contributed by atoms with Crippen LogP contribution in [0.4, 0.5) is 0 Å². The highest BCUT2D eigenvalue weighted by atomic mass is 32.1. The largest absolute Gasteiger partial charge is 0.330 e. The van der Waals surface area contributed by atoms with E-state index in [4.69, 9.17) is 5.73 Å². The van der Waals surface area contributed by atoms with Crippen LogP contribution in [0.25, 0.3) is 6.08 Å². The van der Waals surface area contributed by atoms with E-state index in [0.717, 1.165) is 5.75 Å². The van der Waals surface area contributed by atoms with Gasteiger partial charge in [0.1, 0.15) is 0 Å². The normalized spacial score (nSPS) is 8.17. The first-order chi connectivity index (χ1) is 5.85. The standard InChI is InChI=1S/C8H8.C2H7NS/c1-2-8-6-4-3-5-7-8;3-1-2-4/h2-7H,1H2;4H,1-3H2. The van der Waals surface area contributed by atoms with Crippen molar-refractivity contribution >= 4 is 18.7 Å². The molecule has 2 N–H and O–H groups in total. The van der Waals surface area contributed by atoms with Crippen LogP contribution in [-0.2, 0) is 0 Å². The third-order valence-corrected chi connectivity index (χ3v) is 1.42. The molecule has 1 aromatic carbocycles. The topological polar surface area (TPSA) is 26.0 Å². The third kappa shape index (κ3) is 6.01. The van der Waals surface area contributed by atoms with Crippen LogP contribution in [0.2, 0.25) is 0 Å². The predicted octanol–water partition coefficient (Wildman–Crippen LogP) is 2.20. The third-order valence-electron chi connectivity index (χ3n) is 1.16. The van der Waals surface area contributed by atoms with E-state index in [1.54, 1.807) is 0 Å². The van der Waals surface area contributed by atoms with Crippen LogP contribution in [0.1, 0.15) is 5.56 Å². The van der Waals surface area contributed by atoms with Gasteiger partial charge in [-0.2, -0.15) is 12.6 Å². The van der Waals surface area contributed by atoms with Crippen molar-refractivity contribution in [1.82, 2.24) is 0 Å². The first-order valence-electron chi connectivity index (χ1n) is 3.83. The molecule has 0 heterocycles. The fraction of sp³-hybridized carbons (Fsp3) is 0.200. The van der Waals surface area contributed by atoms with Gasteiger partial charge in [0.2, 0.25) is 0 Å². The van der Waals surface area contributed by atoms with Crippen molar-refractivity contribution in [2.45, 2.75) is 0 Å². The van der Waals surface area contributed by atoms with E-state index in [2.05, 4.69) is 19.2 Å². The second-order valence-corrected chi connectivity index (χ2v) is 2.57. The molecule has 0 aromatic heterocycles. The summed E-state index contributed by atoms with van der Waals surface area (Å²) < 4.78 is 0. The summed E-state index contributed by atoms with van der Waals surface area (Å²) in [6.45, 7) is 4.31. The molecule has 1 nitrogen and oxygen atoms in total. The van der Waals surface area contributed by atoms with Crippen molar-refractivity contribution in [3.8, 4) is 0 Å². The Balaban J connectivity index is 0.000000261. The molecule has 0 saturated carbocycles. The van der Waals surface area contributed by atoms with Crippen molar-refractivity contribution in [3.63, 3.8) is 0 Å². The van der Waals surface area contributed by atoms with Crippen LogP contribution in [0.3, 0.4) is 0 Å². The summed E-state index contributed by atoms with van der Waals surface area (Å²) in [6, 6.07) is 10.0. The molecule has 2 heteroatoms. The van der Waals surface area contributed by atoms with Crippen LogP contribution < -0.4 is 5.73 Å². The average molecular weight is 181 g/mol. The van der Waals surface area contributed by atoms with Gasteiger partial charge in [0, 0.05) is 12.3 Å². The Kier molecular flexibility index (Phi) is 7.86. The highest BCUT2D eigenvalue weighted by molar-refractivity contribution is 7.80. The van der Waals surface area contributed by atoms with Crippen molar-refractivity contribution in [2.75, 3.05) is 12.3 Å². The van der Waals surface area contributed by atoms with E-state index in [1.165, 1.54) is 5.56 Å².